The highest BCUT2D eigenvalue weighted by Gasteiger charge is 2.40. The van der Waals surface area contributed by atoms with Crippen molar-refractivity contribution >= 4 is 34.8 Å². The molecule has 10 nitrogen and oxygen atoms in total. The lowest BCUT2D eigenvalue weighted by molar-refractivity contribution is -0.138. The second kappa shape index (κ2) is 12.5. The summed E-state index contributed by atoms with van der Waals surface area (Å²) in [5.41, 5.74) is 1.82. The predicted octanol–water partition coefficient (Wildman–Crippen LogP) is 4.47. The zero-order valence-corrected chi connectivity index (χ0v) is 26.1. The van der Waals surface area contributed by atoms with Crippen LogP contribution in [0.25, 0.3) is 0 Å². The average Bonchev–Trinajstić information content (AvgIpc) is 3.23. The number of aromatic nitrogens is 2. The van der Waals surface area contributed by atoms with Crippen molar-refractivity contribution in [3.8, 4) is 5.75 Å². The fraction of sp³-hybridized carbons (Fsp3) is 0.438. The second-order valence-corrected chi connectivity index (χ2v) is 12.1. The summed E-state index contributed by atoms with van der Waals surface area (Å²) in [6, 6.07) is 10.9. The van der Waals surface area contributed by atoms with Crippen molar-refractivity contribution in [2.24, 2.45) is 0 Å². The standard InChI is InChI=1S/C32H38F3N7O3/c1-31(2)28-20(7-6-8-25(28)37-29(31)44)9-11-23-22(32(33,34)35)18-36-30(38-23)39-24-12-10-21(17-26(24)45-5)41-13-15-42(16-14-41)27(43)19-40(3)4/h6-8,10,12,17-18H,9,11,13-16,19H2,1-5H3,(H,37,44)(H,36,38,39). The van der Waals surface area contributed by atoms with Gasteiger partial charge in [0.25, 0.3) is 0 Å². The smallest absolute Gasteiger partial charge is 0.419 e. The maximum atomic E-state index is 14.0. The number of halogens is 3. The number of methoxy groups -OCH3 is 1. The van der Waals surface area contributed by atoms with Crippen LogP contribution in [0.5, 0.6) is 5.75 Å². The van der Waals surface area contributed by atoms with Crippen LogP contribution in [0.4, 0.5) is 36.2 Å². The van der Waals surface area contributed by atoms with Gasteiger partial charge in [-0.25, -0.2) is 9.97 Å². The van der Waals surface area contributed by atoms with Crippen LogP contribution in [0.2, 0.25) is 0 Å². The van der Waals surface area contributed by atoms with Crippen molar-refractivity contribution in [3.05, 3.63) is 65.0 Å². The molecule has 1 fully saturated rings. The van der Waals surface area contributed by atoms with Crippen molar-refractivity contribution in [1.29, 1.82) is 0 Å². The first-order valence-corrected chi connectivity index (χ1v) is 14.8. The number of piperazine rings is 1. The van der Waals surface area contributed by atoms with Crippen LogP contribution in [0.1, 0.15) is 36.2 Å². The molecule has 0 radical (unpaired) electrons. The van der Waals surface area contributed by atoms with Crippen LogP contribution in [-0.2, 0) is 34.0 Å². The number of carbonyl (C=O) groups excluding carboxylic acids is 2. The largest absolute Gasteiger partial charge is 0.494 e. The maximum absolute atomic E-state index is 14.0. The van der Waals surface area contributed by atoms with Gasteiger partial charge >= 0.3 is 6.18 Å². The molecular weight excluding hydrogens is 587 g/mol. The molecule has 5 rings (SSSR count). The van der Waals surface area contributed by atoms with Gasteiger partial charge in [0, 0.05) is 49.8 Å². The van der Waals surface area contributed by atoms with Gasteiger partial charge < -0.3 is 30.1 Å². The highest BCUT2D eigenvalue weighted by Crippen LogP contribution is 2.40. The number of aryl methyl sites for hydroxylation is 2. The van der Waals surface area contributed by atoms with Gasteiger partial charge in [0.15, 0.2) is 0 Å². The predicted molar refractivity (Wildman–Crippen MR) is 166 cm³/mol. The quantitative estimate of drug-likeness (QED) is 0.359. The molecule has 2 aliphatic rings. The van der Waals surface area contributed by atoms with Gasteiger partial charge in [-0.3, -0.25) is 9.59 Å². The zero-order chi connectivity index (χ0) is 32.5. The average molecular weight is 626 g/mol. The zero-order valence-electron chi connectivity index (χ0n) is 26.1. The molecular formula is C32H38F3N7O3. The fourth-order valence-corrected chi connectivity index (χ4v) is 5.89. The van der Waals surface area contributed by atoms with E-state index in [2.05, 4.69) is 25.5 Å². The molecule has 3 aromatic rings. The molecule has 1 saturated heterocycles. The van der Waals surface area contributed by atoms with Gasteiger partial charge in [0.2, 0.25) is 17.8 Å². The maximum Gasteiger partial charge on any atom is 0.419 e. The third kappa shape index (κ3) is 6.82. The minimum Gasteiger partial charge on any atom is -0.494 e. The molecule has 2 N–H and O–H groups in total. The molecule has 0 aliphatic carbocycles. The number of rotatable bonds is 9. The van der Waals surface area contributed by atoms with Crippen LogP contribution in [0.3, 0.4) is 0 Å². The molecule has 1 aromatic heterocycles. The summed E-state index contributed by atoms with van der Waals surface area (Å²) in [6.07, 6.45) is -3.59. The molecule has 0 atom stereocenters. The van der Waals surface area contributed by atoms with Crippen molar-refractivity contribution in [3.63, 3.8) is 0 Å². The summed E-state index contributed by atoms with van der Waals surface area (Å²) >= 11 is 0. The Morgan fingerprint density at radius 2 is 1.84 bits per heavy atom. The number of benzene rings is 2. The van der Waals surface area contributed by atoms with Gasteiger partial charge in [-0.2, -0.15) is 13.2 Å². The number of amides is 2. The van der Waals surface area contributed by atoms with Crippen molar-refractivity contribution in [1.82, 2.24) is 19.8 Å². The summed E-state index contributed by atoms with van der Waals surface area (Å²) < 4.78 is 47.6. The molecule has 2 aliphatic heterocycles. The van der Waals surface area contributed by atoms with E-state index in [0.717, 1.165) is 23.0 Å². The van der Waals surface area contributed by atoms with Crippen LogP contribution >= 0.6 is 0 Å². The third-order valence-electron chi connectivity index (χ3n) is 8.28. The number of alkyl halides is 3. The summed E-state index contributed by atoms with van der Waals surface area (Å²) in [7, 11) is 5.25. The molecule has 0 unspecified atom stereocenters. The first-order valence-electron chi connectivity index (χ1n) is 14.8. The summed E-state index contributed by atoms with van der Waals surface area (Å²) in [5, 5.41) is 5.89. The van der Waals surface area contributed by atoms with Crippen LogP contribution in [0, 0.1) is 0 Å². The molecule has 240 valence electrons. The van der Waals surface area contributed by atoms with Gasteiger partial charge in [-0.05, 0) is 70.1 Å². The molecule has 45 heavy (non-hydrogen) atoms. The lowest BCUT2D eigenvalue weighted by atomic mass is 9.82. The summed E-state index contributed by atoms with van der Waals surface area (Å²) in [6.45, 7) is 6.50. The van der Waals surface area contributed by atoms with E-state index in [4.69, 9.17) is 4.74 Å². The van der Waals surface area contributed by atoms with E-state index in [-0.39, 0.29) is 36.3 Å². The van der Waals surface area contributed by atoms with Crippen LogP contribution in [0.15, 0.2) is 42.6 Å². The van der Waals surface area contributed by atoms with Gasteiger partial charge in [0.05, 0.1) is 36.0 Å². The Bertz CT molecular complexity index is 1580. The van der Waals surface area contributed by atoms with Crippen molar-refractivity contribution < 1.29 is 27.5 Å². The highest BCUT2D eigenvalue weighted by molar-refractivity contribution is 6.06. The van der Waals surface area contributed by atoms with E-state index < -0.39 is 17.2 Å². The molecule has 2 aromatic carbocycles. The summed E-state index contributed by atoms with van der Waals surface area (Å²) in [5.74, 6) is 0.429. The number of nitrogens with zero attached hydrogens (tertiary/aromatic N) is 5. The number of nitrogens with one attached hydrogen (secondary N) is 2. The first kappa shape index (κ1) is 32.0. The molecule has 0 saturated carbocycles. The lowest BCUT2D eigenvalue weighted by Gasteiger charge is -2.36. The third-order valence-corrected chi connectivity index (χ3v) is 8.28. The summed E-state index contributed by atoms with van der Waals surface area (Å²) in [4.78, 5) is 39.0. The number of carbonyl (C=O) groups is 2. The Morgan fingerprint density at radius 3 is 2.51 bits per heavy atom. The van der Waals surface area contributed by atoms with Gasteiger partial charge in [-0.1, -0.05) is 12.1 Å². The number of hydrogen-bond acceptors (Lipinski definition) is 8. The van der Waals surface area contributed by atoms with Gasteiger partial charge in [-0.15, -0.1) is 0 Å². The van der Waals surface area contributed by atoms with E-state index in [1.165, 1.54) is 7.11 Å². The van der Waals surface area contributed by atoms with E-state index in [1.807, 2.05) is 42.1 Å². The Balaban J connectivity index is 1.33. The topological polar surface area (TPSA) is 103 Å². The molecule has 2 amide bonds. The number of hydrogen-bond donors (Lipinski definition) is 2. The van der Waals surface area contributed by atoms with Crippen LogP contribution < -0.4 is 20.3 Å². The number of ether oxygens (including phenoxy) is 1. The van der Waals surface area contributed by atoms with E-state index in [1.54, 1.807) is 32.0 Å². The molecule has 3 heterocycles. The van der Waals surface area contributed by atoms with Crippen molar-refractivity contribution in [2.45, 2.75) is 38.3 Å². The highest BCUT2D eigenvalue weighted by atomic mass is 19.4. The van der Waals surface area contributed by atoms with E-state index >= 15 is 0 Å². The number of fused-ring (bicyclic) bond motifs is 1. The van der Waals surface area contributed by atoms with Crippen LogP contribution in [-0.4, -0.2) is 85.5 Å². The lowest BCUT2D eigenvalue weighted by Crippen LogP contribution is -2.50. The van der Waals surface area contributed by atoms with E-state index in [0.29, 0.717) is 49.8 Å². The Kier molecular flexibility index (Phi) is 8.92. The SMILES string of the molecule is COc1cc(N2CCN(C(=O)CN(C)C)CC2)ccc1Nc1ncc(C(F)(F)F)c(CCc2cccc3c2C(C)(C)C(=O)N3)n1. The monoisotopic (exact) mass is 625 g/mol. The van der Waals surface area contributed by atoms with Crippen molar-refractivity contribution in [2.75, 3.05) is 69.5 Å². The number of likely N-dealkylation sites (N-methyl/N-ethyl adjacent to an activating group) is 1. The molecule has 13 heteroatoms. The number of anilines is 4. The molecule has 0 spiro atoms. The minimum absolute atomic E-state index is 0.00698. The normalized spacial score (nSPS) is 16.1. The Labute approximate surface area is 260 Å². The minimum atomic E-state index is -4.64. The fourth-order valence-electron chi connectivity index (χ4n) is 5.89. The Hall–Kier alpha value is -4.39. The first-order chi connectivity index (χ1) is 21.3. The van der Waals surface area contributed by atoms with Gasteiger partial charge in [0.1, 0.15) is 5.75 Å². The second-order valence-electron chi connectivity index (χ2n) is 12.1. The van der Waals surface area contributed by atoms with E-state index in [9.17, 15) is 22.8 Å². The molecule has 0 bridgehead atoms. The Morgan fingerprint density at radius 1 is 1.11 bits per heavy atom.